The molecule has 2 bridgehead atoms. The van der Waals surface area contributed by atoms with Crippen molar-refractivity contribution in [3.8, 4) is 22.4 Å². The summed E-state index contributed by atoms with van der Waals surface area (Å²) in [5, 5.41) is 5.90. The summed E-state index contributed by atoms with van der Waals surface area (Å²) < 4.78 is 29.4. The average molecular weight is 557 g/mol. The first-order valence-electron chi connectivity index (χ1n) is 12.3. The highest BCUT2D eigenvalue weighted by Gasteiger charge is 2.49. The maximum atomic E-state index is 12.9. The van der Waals surface area contributed by atoms with Gasteiger partial charge in [-0.2, -0.15) is 13.9 Å². The van der Waals surface area contributed by atoms with Gasteiger partial charge in [-0.3, -0.25) is 0 Å². The second-order valence-corrected chi connectivity index (χ2v) is 13.3. The van der Waals surface area contributed by atoms with E-state index in [1.54, 1.807) is 18.2 Å². The van der Waals surface area contributed by atoms with Crippen LogP contribution in [-0.4, -0.2) is 57.7 Å². The summed E-state index contributed by atoms with van der Waals surface area (Å²) in [5.74, 6) is 0.908. The van der Waals surface area contributed by atoms with Crippen LogP contribution in [0.3, 0.4) is 0 Å². The van der Waals surface area contributed by atoms with Gasteiger partial charge in [0.25, 0.3) is 0 Å². The van der Waals surface area contributed by atoms with Crippen LogP contribution in [0.25, 0.3) is 28.0 Å². The molecular weight excluding hydrogens is 529 g/mol. The van der Waals surface area contributed by atoms with E-state index in [1.165, 1.54) is 0 Å². The minimum absolute atomic E-state index is 0.0461. The molecule has 0 N–H and O–H groups in total. The number of benzene rings is 2. The fourth-order valence-electron chi connectivity index (χ4n) is 5.54. The molecule has 4 aromatic rings. The number of rotatable bonds is 5. The molecule has 37 heavy (non-hydrogen) atoms. The van der Waals surface area contributed by atoms with E-state index in [2.05, 4.69) is 4.90 Å². The monoisotopic (exact) mass is 555 g/mol. The van der Waals surface area contributed by atoms with Crippen LogP contribution in [0.5, 0.6) is 0 Å². The van der Waals surface area contributed by atoms with Crippen molar-refractivity contribution in [1.82, 2.24) is 18.9 Å². The summed E-state index contributed by atoms with van der Waals surface area (Å²) in [6, 6.07) is 17.4. The maximum Gasteiger partial charge on any atom is 0.216 e. The molecule has 2 atom stereocenters. The highest BCUT2D eigenvalue weighted by Crippen LogP contribution is 2.41. The zero-order valence-electron chi connectivity index (χ0n) is 20.8. The SMILES string of the molecule is Cc1cc(N2C[C@@H]3C[C@H]2CN3S(=O)(=O)C(C)C)n2nc(-c3ccccc3Cl)c(-c3ccc(Cl)cc3)c2n1. The number of anilines is 1. The van der Waals surface area contributed by atoms with E-state index in [0.29, 0.717) is 23.1 Å². The van der Waals surface area contributed by atoms with Gasteiger partial charge >= 0.3 is 0 Å². The van der Waals surface area contributed by atoms with Gasteiger partial charge in [-0.1, -0.05) is 53.5 Å². The van der Waals surface area contributed by atoms with Gasteiger partial charge in [0.2, 0.25) is 10.0 Å². The molecule has 2 saturated heterocycles. The van der Waals surface area contributed by atoms with E-state index >= 15 is 0 Å². The number of aromatic nitrogens is 3. The number of sulfonamides is 1. The number of halogens is 2. The Balaban J connectivity index is 1.51. The van der Waals surface area contributed by atoms with Crippen molar-refractivity contribution in [2.24, 2.45) is 0 Å². The summed E-state index contributed by atoms with van der Waals surface area (Å²) in [5.41, 5.74) is 4.96. The average Bonchev–Trinajstić information content (AvgIpc) is 3.57. The van der Waals surface area contributed by atoms with E-state index in [9.17, 15) is 8.42 Å². The molecule has 2 aliphatic rings. The van der Waals surface area contributed by atoms with Crippen LogP contribution < -0.4 is 4.90 Å². The Labute approximate surface area is 226 Å². The minimum atomic E-state index is -3.30. The van der Waals surface area contributed by atoms with Crippen molar-refractivity contribution in [3.63, 3.8) is 0 Å². The van der Waals surface area contributed by atoms with Crippen LogP contribution in [0.15, 0.2) is 54.6 Å². The first-order chi connectivity index (χ1) is 17.6. The van der Waals surface area contributed by atoms with Crippen molar-refractivity contribution >= 4 is 44.7 Å². The molecule has 2 aromatic carbocycles. The summed E-state index contributed by atoms with van der Waals surface area (Å²) in [7, 11) is -3.30. The standard InChI is InChI=1S/C27H27Cl2N5O2S/c1-16(2)37(35,36)33-15-20-13-21(33)14-32(20)24-12-17(3)30-27-25(18-8-10-19(28)11-9-18)26(31-34(24)27)22-6-4-5-7-23(22)29/h4-12,16,20-21H,13-15H2,1-3H3/t20-,21-/m0/s1. The molecule has 2 aromatic heterocycles. The van der Waals surface area contributed by atoms with Crippen LogP contribution in [0.2, 0.25) is 10.0 Å². The van der Waals surface area contributed by atoms with E-state index < -0.39 is 15.3 Å². The summed E-state index contributed by atoms with van der Waals surface area (Å²) >= 11 is 12.8. The number of nitrogens with zero attached hydrogens (tertiary/aromatic N) is 5. The Hall–Kier alpha value is -2.65. The van der Waals surface area contributed by atoms with E-state index in [1.807, 2.05) is 66.0 Å². The largest absolute Gasteiger partial charge is 0.350 e. The van der Waals surface area contributed by atoms with E-state index in [0.717, 1.165) is 46.0 Å². The van der Waals surface area contributed by atoms with Crippen LogP contribution in [0.1, 0.15) is 26.0 Å². The predicted octanol–water partition coefficient (Wildman–Crippen LogP) is 5.68. The molecule has 0 saturated carbocycles. The Morgan fingerprint density at radius 3 is 2.38 bits per heavy atom. The maximum absolute atomic E-state index is 12.9. The Kier molecular flexibility index (Phi) is 5.99. The van der Waals surface area contributed by atoms with Gasteiger partial charge in [-0.15, -0.1) is 0 Å². The molecule has 0 radical (unpaired) electrons. The Bertz CT molecular complexity index is 1620. The third kappa shape index (κ3) is 4.02. The third-order valence-corrected chi connectivity index (χ3v) is 10.2. The Morgan fingerprint density at radius 1 is 1.00 bits per heavy atom. The van der Waals surface area contributed by atoms with Gasteiger partial charge in [0.05, 0.1) is 15.8 Å². The second kappa shape index (κ2) is 8.98. The fourth-order valence-corrected chi connectivity index (χ4v) is 7.38. The van der Waals surface area contributed by atoms with Gasteiger partial charge in [-0.05, 0) is 51.0 Å². The number of hydrogen-bond acceptors (Lipinski definition) is 5. The molecule has 0 spiro atoms. The highest BCUT2D eigenvalue weighted by molar-refractivity contribution is 7.89. The van der Waals surface area contributed by atoms with Crippen LogP contribution in [-0.2, 0) is 10.0 Å². The van der Waals surface area contributed by atoms with Crippen molar-refractivity contribution in [1.29, 1.82) is 0 Å². The van der Waals surface area contributed by atoms with Crippen LogP contribution >= 0.6 is 23.2 Å². The highest BCUT2D eigenvalue weighted by atomic mass is 35.5. The molecular formula is C27H27Cl2N5O2S. The molecule has 10 heteroatoms. The molecule has 0 amide bonds. The van der Waals surface area contributed by atoms with Gasteiger partial charge in [-0.25, -0.2) is 13.4 Å². The lowest BCUT2D eigenvalue weighted by Crippen LogP contribution is -2.50. The lowest BCUT2D eigenvalue weighted by molar-refractivity contribution is 0.363. The number of aryl methyl sites for hydroxylation is 1. The summed E-state index contributed by atoms with van der Waals surface area (Å²) in [4.78, 5) is 7.20. The number of hydrogen-bond donors (Lipinski definition) is 0. The second-order valence-electron chi connectivity index (χ2n) is 10.1. The first kappa shape index (κ1) is 24.7. The normalized spacial score (nSPS) is 20.0. The molecule has 0 aliphatic carbocycles. The van der Waals surface area contributed by atoms with Crippen molar-refractivity contribution < 1.29 is 8.42 Å². The molecule has 7 nitrogen and oxygen atoms in total. The zero-order valence-corrected chi connectivity index (χ0v) is 23.1. The predicted molar refractivity (Wildman–Crippen MR) is 149 cm³/mol. The lowest BCUT2D eigenvalue weighted by atomic mass is 10.0. The molecule has 2 fully saturated rings. The van der Waals surface area contributed by atoms with Crippen molar-refractivity contribution in [2.45, 2.75) is 44.5 Å². The van der Waals surface area contributed by atoms with Crippen molar-refractivity contribution in [3.05, 3.63) is 70.3 Å². The molecule has 192 valence electrons. The summed E-state index contributed by atoms with van der Waals surface area (Å²) in [6.45, 7) is 6.56. The fraction of sp³-hybridized carbons (Fsp3) is 0.333. The first-order valence-corrected chi connectivity index (χ1v) is 14.6. The molecule has 6 rings (SSSR count). The number of piperazine rings is 1. The Morgan fingerprint density at radius 2 is 1.73 bits per heavy atom. The van der Waals surface area contributed by atoms with Gasteiger partial charge < -0.3 is 4.90 Å². The van der Waals surface area contributed by atoms with Crippen molar-refractivity contribution in [2.75, 3.05) is 18.0 Å². The lowest BCUT2D eigenvalue weighted by Gasteiger charge is -2.35. The smallest absolute Gasteiger partial charge is 0.216 e. The van der Waals surface area contributed by atoms with Gasteiger partial charge in [0.1, 0.15) is 11.5 Å². The van der Waals surface area contributed by atoms with Crippen LogP contribution in [0, 0.1) is 6.92 Å². The molecule has 0 unspecified atom stereocenters. The summed E-state index contributed by atoms with van der Waals surface area (Å²) in [6.07, 6.45) is 0.803. The van der Waals surface area contributed by atoms with Gasteiger partial charge in [0.15, 0.2) is 5.65 Å². The number of fused-ring (bicyclic) bond motifs is 3. The van der Waals surface area contributed by atoms with Crippen LogP contribution in [0.4, 0.5) is 5.82 Å². The zero-order chi connectivity index (χ0) is 26.1. The quantitative estimate of drug-likeness (QED) is 0.317. The third-order valence-electron chi connectivity index (χ3n) is 7.37. The van der Waals surface area contributed by atoms with E-state index in [-0.39, 0.29) is 12.1 Å². The molecule has 4 heterocycles. The molecule has 2 aliphatic heterocycles. The van der Waals surface area contributed by atoms with Gasteiger partial charge in [0, 0.05) is 47.5 Å². The minimum Gasteiger partial charge on any atom is -0.350 e. The van der Waals surface area contributed by atoms with E-state index in [4.69, 9.17) is 33.3 Å². The topological polar surface area (TPSA) is 70.8 Å².